The van der Waals surface area contributed by atoms with Crippen molar-refractivity contribution in [3.05, 3.63) is 44.8 Å². The van der Waals surface area contributed by atoms with E-state index in [2.05, 4.69) is 26.1 Å². The fourth-order valence-corrected chi connectivity index (χ4v) is 5.24. The lowest BCUT2D eigenvalue weighted by Gasteiger charge is -2.33. The van der Waals surface area contributed by atoms with Crippen molar-refractivity contribution in [3.63, 3.8) is 0 Å². The number of hydrogen-bond donors (Lipinski definition) is 2. The molecule has 2 amide bonds. The lowest BCUT2D eigenvalue weighted by molar-refractivity contribution is 0.1000. The number of rotatable bonds is 4. The Morgan fingerprint density at radius 1 is 1.32 bits per heavy atom. The molecule has 0 bridgehead atoms. The van der Waals surface area contributed by atoms with Crippen LogP contribution >= 0.6 is 22.9 Å². The van der Waals surface area contributed by atoms with Crippen molar-refractivity contribution in [1.29, 1.82) is 0 Å². The van der Waals surface area contributed by atoms with Crippen molar-refractivity contribution >= 4 is 39.8 Å². The SMILES string of the molecule is COc1ccc(C(=O)Nc2sc3c(c2C(N)=O)CCC(C(C)(C)C)C3)cc1Cl. The average Bonchev–Trinajstić information content (AvgIpc) is 2.97. The van der Waals surface area contributed by atoms with E-state index in [-0.39, 0.29) is 11.3 Å². The van der Waals surface area contributed by atoms with E-state index in [1.165, 1.54) is 18.4 Å². The number of benzene rings is 1. The average molecular weight is 421 g/mol. The summed E-state index contributed by atoms with van der Waals surface area (Å²) in [5.74, 6) is 0.187. The smallest absolute Gasteiger partial charge is 0.256 e. The number of ether oxygens (including phenoxy) is 1. The van der Waals surface area contributed by atoms with E-state index in [4.69, 9.17) is 22.1 Å². The summed E-state index contributed by atoms with van der Waals surface area (Å²) in [6.45, 7) is 6.71. The molecular formula is C21H25ClN2O3S. The molecule has 0 saturated heterocycles. The summed E-state index contributed by atoms with van der Waals surface area (Å²) < 4.78 is 5.12. The van der Waals surface area contributed by atoms with E-state index >= 15 is 0 Å². The molecule has 3 N–H and O–H groups in total. The third kappa shape index (κ3) is 4.03. The van der Waals surface area contributed by atoms with Crippen LogP contribution in [-0.2, 0) is 12.8 Å². The van der Waals surface area contributed by atoms with Crippen molar-refractivity contribution in [2.45, 2.75) is 40.0 Å². The van der Waals surface area contributed by atoms with E-state index < -0.39 is 5.91 Å². The van der Waals surface area contributed by atoms with Crippen LogP contribution in [0.3, 0.4) is 0 Å². The molecule has 1 atom stereocenters. The van der Waals surface area contributed by atoms with E-state index in [9.17, 15) is 9.59 Å². The Balaban J connectivity index is 1.90. The Morgan fingerprint density at radius 3 is 2.61 bits per heavy atom. The van der Waals surface area contributed by atoms with Gasteiger partial charge in [-0.3, -0.25) is 9.59 Å². The van der Waals surface area contributed by atoms with Gasteiger partial charge in [-0.05, 0) is 54.4 Å². The highest BCUT2D eigenvalue weighted by Crippen LogP contribution is 2.44. The molecule has 7 heteroatoms. The zero-order valence-corrected chi connectivity index (χ0v) is 18.1. The second-order valence-corrected chi connectivity index (χ2v) is 9.69. The standard InChI is InChI=1S/C21H25ClN2O3S/c1-21(2,3)12-6-7-13-16(10-12)28-20(17(13)18(23)25)24-19(26)11-5-8-15(27-4)14(22)9-11/h5,8-9,12H,6-7,10H2,1-4H3,(H2,23,25)(H,24,26). The molecule has 0 radical (unpaired) electrons. The number of primary amides is 1. The van der Waals surface area contributed by atoms with E-state index in [1.54, 1.807) is 18.2 Å². The number of thiophene rings is 1. The van der Waals surface area contributed by atoms with Gasteiger partial charge in [-0.15, -0.1) is 11.3 Å². The van der Waals surface area contributed by atoms with Crippen molar-refractivity contribution in [3.8, 4) is 5.75 Å². The van der Waals surface area contributed by atoms with Crippen molar-refractivity contribution < 1.29 is 14.3 Å². The van der Waals surface area contributed by atoms with Gasteiger partial charge in [0.25, 0.3) is 11.8 Å². The Kier molecular flexibility index (Phi) is 5.73. The number of nitrogens with two attached hydrogens (primary N) is 1. The summed E-state index contributed by atoms with van der Waals surface area (Å²) in [5, 5.41) is 3.73. The van der Waals surface area contributed by atoms with Gasteiger partial charge < -0.3 is 15.8 Å². The first-order valence-corrected chi connectivity index (χ1v) is 10.4. The molecule has 3 rings (SSSR count). The van der Waals surface area contributed by atoms with Gasteiger partial charge in [-0.25, -0.2) is 0 Å². The Labute approximate surface area is 174 Å². The number of carbonyl (C=O) groups excluding carboxylic acids is 2. The van der Waals surface area contributed by atoms with E-state index in [0.717, 1.165) is 29.7 Å². The monoisotopic (exact) mass is 420 g/mol. The van der Waals surface area contributed by atoms with Crippen molar-refractivity contribution in [2.75, 3.05) is 12.4 Å². The minimum Gasteiger partial charge on any atom is -0.495 e. The van der Waals surface area contributed by atoms with E-state index in [1.807, 2.05) is 0 Å². The molecule has 0 saturated carbocycles. The second kappa shape index (κ2) is 7.76. The van der Waals surface area contributed by atoms with Gasteiger partial charge in [0.1, 0.15) is 10.8 Å². The van der Waals surface area contributed by atoms with Crippen LogP contribution in [0.5, 0.6) is 5.75 Å². The lowest BCUT2D eigenvalue weighted by Crippen LogP contribution is -2.27. The fourth-order valence-electron chi connectivity index (χ4n) is 3.66. The van der Waals surface area contributed by atoms with Crippen molar-refractivity contribution in [1.82, 2.24) is 0 Å². The summed E-state index contributed by atoms with van der Waals surface area (Å²) in [6.07, 6.45) is 2.71. The number of hydrogen-bond acceptors (Lipinski definition) is 4. The predicted molar refractivity (Wildman–Crippen MR) is 114 cm³/mol. The fraction of sp³-hybridized carbons (Fsp3) is 0.429. The molecule has 1 aliphatic rings. The number of anilines is 1. The number of nitrogens with one attached hydrogen (secondary N) is 1. The molecule has 150 valence electrons. The molecule has 1 unspecified atom stereocenters. The quantitative estimate of drug-likeness (QED) is 0.737. The van der Waals surface area contributed by atoms with Gasteiger partial charge in [0, 0.05) is 10.4 Å². The summed E-state index contributed by atoms with van der Waals surface area (Å²) in [4.78, 5) is 26.0. The molecule has 2 aromatic rings. The van der Waals surface area contributed by atoms with Gasteiger partial charge >= 0.3 is 0 Å². The third-order valence-corrected chi connectivity index (χ3v) is 6.84. The molecule has 0 spiro atoms. The van der Waals surface area contributed by atoms with Crippen LogP contribution in [0.2, 0.25) is 5.02 Å². The first-order valence-electron chi connectivity index (χ1n) is 9.21. The summed E-state index contributed by atoms with van der Waals surface area (Å²) in [6, 6.07) is 4.82. The number of fused-ring (bicyclic) bond motifs is 1. The third-order valence-electron chi connectivity index (χ3n) is 5.38. The maximum atomic E-state index is 12.7. The molecule has 5 nitrogen and oxygen atoms in total. The van der Waals surface area contributed by atoms with Crippen molar-refractivity contribution in [2.24, 2.45) is 17.1 Å². The number of methoxy groups -OCH3 is 1. The highest BCUT2D eigenvalue weighted by Gasteiger charge is 2.33. The topological polar surface area (TPSA) is 81.4 Å². The number of amides is 2. The Hall–Kier alpha value is -2.05. The first-order chi connectivity index (χ1) is 13.1. The summed E-state index contributed by atoms with van der Waals surface area (Å²) in [5.41, 5.74) is 7.67. The van der Waals surface area contributed by atoms with Crippen LogP contribution in [0.1, 0.15) is 58.3 Å². The van der Waals surface area contributed by atoms with Crippen LogP contribution < -0.4 is 15.8 Å². The summed E-state index contributed by atoms with van der Waals surface area (Å²) >= 11 is 7.58. The van der Waals surface area contributed by atoms with Crippen LogP contribution in [0.15, 0.2) is 18.2 Å². The van der Waals surface area contributed by atoms with Gasteiger partial charge in [-0.2, -0.15) is 0 Å². The molecule has 0 aliphatic heterocycles. The van der Waals surface area contributed by atoms with Gasteiger partial charge in [0.05, 0.1) is 17.7 Å². The molecule has 1 aromatic carbocycles. The van der Waals surface area contributed by atoms with Gasteiger partial charge in [0.2, 0.25) is 0 Å². The minimum atomic E-state index is -0.505. The molecule has 28 heavy (non-hydrogen) atoms. The lowest BCUT2D eigenvalue weighted by atomic mass is 9.72. The highest BCUT2D eigenvalue weighted by molar-refractivity contribution is 7.17. The highest BCUT2D eigenvalue weighted by atomic mass is 35.5. The maximum absolute atomic E-state index is 12.7. The number of carbonyl (C=O) groups is 2. The molecule has 0 fully saturated rings. The Bertz CT molecular complexity index is 930. The normalized spacial score (nSPS) is 16.4. The zero-order chi connectivity index (χ0) is 20.6. The van der Waals surface area contributed by atoms with Crippen LogP contribution in [0, 0.1) is 11.3 Å². The Morgan fingerprint density at radius 2 is 2.04 bits per heavy atom. The largest absolute Gasteiger partial charge is 0.495 e. The molecule has 1 aromatic heterocycles. The molecular weight excluding hydrogens is 396 g/mol. The van der Waals surface area contributed by atoms with E-state index in [0.29, 0.717) is 32.8 Å². The van der Waals surface area contributed by atoms with Crippen LogP contribution in [0.4, 0.5) is 5.00 Å². The zero-order valence-electron chi connectivity index (χ0n) is 16.5. The molecule has 1 aliphatic carbocycles. The maximum Gasteiger partial charge on any atom is 0.256 e. The molecule has 1 heterocycles. The predicted octanol–water partition coefficient (Wildman–Crippen LogP) is 4.91. The second-order valence-electron chi connectivity index (χ2n) is 8.18. The van der Waals surface area contributed by atoms with Crippen LogP contribution in [-0.4, -0.2) is 18.9 Å². The number of halogens is 1. The van der Waals surface area contributed by atoms with Crippen LogP contribution in [0.25, 0.3) is 0 Å². The van der Waals surface area contributed by atoms with Gasteiger partial charge in [0.15, 0.2) is 0 Å². The minimum absolute atomic E-state index is 0.192. The summed E-state index contributed by atoms with van der Waals surface area (Å²) in [7, 11) is 1.51. The first kappa shape index (κ1) is 20.7. The van der Waals surface area contributed by atoms with Gasteiger partial charge in [-0.1, -0.05) is 32.4 Å².